The monoisotopic (exact) mass is 640 g/mol. The molecule has 0 saturated heterocycles. The number of ketones is 4. The zero-order valence-electron chi connectivity index (χ0n) is 30.3. The van der Waals surface area contributed by atoms with Gasteiger partial charge in [-0.1, -0.05) is 45.8 Å². The Balaban J connectivity index is 0.000000150. The number of fused-ring (bicyclic) bond motifs is 9. The van der Waals surface area contributed by atoms with Crippen LogP contribution in [0.3, 0.4) is 0 Å². The molecule has 4 heteroatoms. The number of hydrogen-bond acceptors (Lipinski definition) is 4. The van der Waals surface area contributed by atoms with Gasteiger partial charge in [0.1, 0.15) is 11.6 Å². The van der Waals surface area contributed by atoms with Crippen molar-refractivity contribution in [3.63, 3.8) is 0 Å². The molecule has 0 spiro atoms. The van der Waals surface area contributed by atoms with Crippen LogP contribution in [0.1, 0.15) is 151 Å². The normalized spacial score (nSPS) is 45.1. The van der Waals surface area contributed by atoms with Gasteiger partial charge in [-0.3, -0.25) is 19.2 Å². The highest BCUT2D eigenvalue weighted by atomic mass is 16.1. The number of Topliss-reactive ketones (excluding diaryl/α,β-unsaturated/α-hetero) is 2. The lowest BCUT2D eigenvalue weighted by Gasteiger charge is -2.58. The molecule has 47 heavy (non-hydrogen) atoms. The van der Waals surface area contributed by atoms with Crippen LogP contribution in [0.5, 0.6) is 0 Å². The Morgan fingerprint density at radius 2 is 1.47 bits per heavy atom. The van der Waals surface area contributed by atoms with Gasteiger partial charge in [0.15, 0.2) is 11.6 Å². The smallest absolute Gasteiger partial charge is 0.156 e. The Kier molecular flexibility index (Phi) is 8.35. The van der Waals surface area contributed by atoms with Gasteiger partial charge in [-0.15, -0.1) is 0 Å². The van der Waals surface area contributed by atoms with Crippen LogP contribution in [0.4, 0.5) is 0 Å². The molecule has 0 aromatic carbocycles. The predicted molar refractivity (Wildman–Crippen MR) is 186 cm³/mol. The molecule has 8 aliphatic rings. The van der Waals surface area contributed by atoms with E-state index in [0.717, 1.165) is 75.5 Å². The van der Waals surface area contributed by atoms with Gasteiger partial charge >= 0.3 is 0 Å². The van der Waals surface area contributed by atoms with Gasteiger partial charge in [0.25, 0.3) is 0 Å². The molecule has 0 unspecified atom stereocenters. The quantitative estimate of drug-likeness (QED) is 0.308. The number of carbonyl (C=O) groups excluding carboxylic acids is 4. The van der Waals surface area contributed by atoms with E-state index in [1.54, 1.807) is 12.5 Å². The zero-order chi connectivity index (χ0) is 33.5. The van der Waals surface area contributed by atoms with E-state index >= 15 is 0 Å². The maximum atomic E-state index is 12.8. The second-order valence-corrected chi connectivity index (χ2v) is 18.2. The molecule has 0 aromatic rings. The average molecular weight is 641 g/mol. The third-order valence-electron chi connectivity index (χ3n) is 16.7. The van der Waals surface area contributed by atoms with Crippen molar-refractivity contribution in [2.24, 2.45) is 57.2 Å². The first-order valence-electron chi connectivity index (χ1n) is 19.5. The fraction of sp³-hybridized carbons (Fsp3) is 0.767. The van der Waals surface area contributed by atoms with Crippen molar-refractivity contribution < 1.29 is 19.2 Å². The van der Waals surface area contributed by atoms with Crippen LogP contribution in [0.15, 0.2) is 34.4 Å². The summed E-state index contributed by atoms with van der Waals surface area (Å²) in [6.07, 6.45) is 22.0. The summed E-state index contributed by atoms with van der Waals surface area (Å²) in [5.41, 5.74) is 6.52. The molecule has 10 atom stereocenters. The van der Waals surface area contributed by atoms with Crippen molar-refractivity contribution in [3.8, 4) is 0 Å². The van der Waals surface area contributed by atoms with Gasteiger partial charge in [-0.25, -0.2) is 0 Å². The largest absolute Gasteiger partial charge is 0.300 e. The van der Waals surface area contributed by atoms with E-state index in [4.69, 9.17) is 0 Å². The summed E-state index contributed by atoms with van der Waals surface area (Å²) in [5, 5.41) is 0. The number of carbonyl (C=O) groups is 4. The van der Waals surface area contributed by atoms with Crippen molar-refractivity contribution in [2.75, 3.05) is 0 Å². The van der Waals surface area contributed by atoms with Crippen molar-refractivity contribution in [3.05, 3.63) is 34.4 Å². The van der Waals surface area contributed by atoms with Crippen LogP contribution in [-0.2, 0) is 19.2 Å². The van der Waals surface area contributed by atoms with E-state index in [2.05, 4.69) is 27.7 Å². The minimum atomic E-state index is -0.124. The average Bonchev–Trinajstić information content (AvgIpc) is 3.55. The Morgan fingerprint density at radius 3 is 2.21 bits per heavy atom. The fourth-order valence-electron chi connectivity index (χ4n) is 13.9. The second kappa shape index (κ2) is 11.8. The SMILES string of the molecule is CC(=O)[C@H]1CC[C@H]2[C@@H]3CCC4=CC(=O)CC[C@]4(C)[C@H]3CC[C@]12C.CCC(=O)[C@@]1(C)CC[C@H]2[C@@H]3CCC4=CC(=O)CCC4=C3CC[C@@]21C. The van der Waals surface area contributed by atoms with E-state index in [0.29, 0.717) is 53.7 Å². The van der Waals surface area contributed by atoms with Crippen LogP contribution >= 0.6 is 0 Å². The van der Waals surface area contributed by atoms with Crippen molar-refractivity contribution >= 4 is 23.1 Å². The highest BCUT2D eigenvalue weighted by Crippen LogP contribution is 2.68. The summed E-state index contributed by atoms with van der Waals surface area (Å²) in [5.74, 6) is 5.40. The molecule has 0 radical (unpaired) electrons. The molecule has 8 aliphatic carbocycles. The molecular formula is C43H60O4. The van der Waals surface area contributed by atoms with Gasteiger partial charge in [0.2, 0.25) is 0 Å². The third kappa shape index (κ3) is 4.94. The summed E-state index contributed by atoms with van der Waals surface area (Å²) >= 11 is 0. The topological polar surface area (TPSA) is 68.3 Å². The Bertz CT molecular complexity index is 1480. The minimum absolute atomic E-state index is 0.124. The van der Waals surface area contributed by atoms with Gasteiger partial charge in [0.05, 0.1) is 0 Å². The highest BCUT2D eigenvalue weighted by Gasteiger charge is 2.62. The minimum Gasteiger partial charge on any atom is -0.300 e. The van der Waals surface area contributed by atoms with Gasteiger partial charge in [-0.05, 0) is 166 Å². The van der Waals surface area contributed by atoms with E-state index in [-0.39, 0.29) is 21.7 Å². The Labute approximate surface area is 284 Å². The van der Waals surface area contributed by atoms with Crippen LogP contribution in [0.2, 0.25) is 0 Å². The molecule has 0 bridgehead atoms. The molecule has 0 amide bonds. The third-order valence-corrected chi connectivity index (χ3v) is 16.7. The summed E-state index contributed by atoms with van der Waals surface area (Å²) < 4.78 is 0. The molecule has 256 valence electrons. The summed E-state index contributed by atoms with van der Waals surface area (Å²) in [7, 11) is 0. The molecule has 0 heterocycles. The molecule has 5 fully saturated rings. The molecule has 5 saturated carbocycles. The molecule has 0 aliphatic heterocycles. The molecule has 0 N–H and O–H groups in total. The van der Waals surface area contributed by atoms with Crippen molar-refractivity contribution in [1.29, 1.82) is 0 Å². The summed E-state index contributed by atoms with van der Waals surface area (Å²) in [4.78, 5) is 48.5. The first-order chi connectivity index (χ1) is 22.3. The number of rotatable bonds is 3. The number of allylic oxidation sites excluding steroid dienone is 5. The van der Waals surface area contributed by atoms with Crippen molar-refractivity contribution in [1.82, 2.24) is 0 Å². The maximum absolute atomic E-state index is 12.8. The summed E-state index contributed by atoms with van der Waals surface area (Å²) in [6, 6.07) is 0. The fourth-order valence-corrected chi connectivity index (χ4v) is 13.9. The second-order valence-electron chi connectivity index (χ2n) is 18.2. The van der Waals surface area contributed by atoms with E-state index < -0.39 is 0 Å². The lowest BCUT2D eigenvalue weighted by Crippen LogP contribution is -2.51. The van der Waals surface area contributed by atoms with E-state index in [1.807, 2.05) is 19.1 Å². The lowest BCUT2D eigenvalue weighted by atomic mass is 9.47. The highest BCUT2D eigenvalue weighted by molar-refractivity contribution is 5.93. The van der Waals surface area contributed by atoms with Crippen LogP contribution in [-0.4, -0.2) is 23.1 Å². The number of hydrogen-bond donors (Lipinski definition) is 0. The van der Waals surface area contributed by atoms with E-state index in [9.17, 15) is 19.2 Å². The van der Waals surface area contributed by atoms with Crippen LogP contribution < -0.4 is 0 Å². The first kappa shape index (κ1) is 33.4. The van der Waals surface area contributed by atoms with Crippen LogP contribution in [0, 0.1) is 57.2 Å². The molecular weight excluding hydrogens is 580 g/mol. The lowest BCUT2D eigenvalue weighted by molar-refractivity contribution is -0.136. The Morgan fingerprint density at radius 1 is 0.723 bits per heavy atom. The summed E-state index contributed by atoms with van der Waals surface area (Å²) in [6.45, 7) is 13.3. The van der Waals surface area contributed by atoms with Gasteiger partial charge in [0, 0.05) is 30.6 Å². The predicted octanol–water partition coefficient (Wildman–Crippen LogP) is 9.90. The Hall–Kier alpha value is -2.10. The molecule has 0 aromatic heterocycles. The zero-order valence-corrected chi connectivity index (χ0v) is 30.3. The van der Waals surface area contributed by atoms with Crippen LogP contribution in [0.25, 0.3) is 0 Å². The maximum Gasteiger partial charge on any atom is 0.156 e. The molecule has 8 rings (SSSR count). The molecule has 4 nitrogen and oxygen atoms in total. The van der Waals surface area contributed by atoms with Gasteiger partial charge in [-0.2, -0.15) is 0 Å². The van der Waals surface area contributed by atoms with Gasteiger partial charge < -0.3 is 0 Å². The van der Waals surface area contributed by atoms with E-state index in [1.165, 1.54) is 55.2 Å². The standard InChI is InChI=1S/C22H30O2.C21H30O2/c1-4-20(24)22(3)12-10-19-18-7-5-14-13-15(23)6-8-16(14)17(18)9-11-21(19,22)2;1-13(22)17-6-7-18-16-5-4-14-12-15(23)8-10-20(14,2)19(16)9-11-21(17,18)3/h13,18-19H,4-12H2,1-3H3;12,16-19H,4-11H2,1-3H3/t18-,19+,21+,22-;16-,17+,18-,19-,20-,21+/m10/s1. The van der Waals surface area contributed by atoms with Crippen molar-refractivity contribution in [2.45, 2.75) is 151 Å². The first-order valence-corrected chi connectivity index (χ1v) is 19.5.